The number of hydrogen-bond acceptors (Lipinski definition) is 5. The number of fused-ring (bicyclic) bond motifs is 1. The molecule has 2 aromatic rings. The molecule has 0 aliphatic carbocycles. The molecule has 5 nitrogen and oxygen atoms in total. The summed E-state index contributed by atoms with van der Waals surface area (Å²) in [6.45, 7) is 2.74. The first-order valence-corrected chi connectivity index (χ1v) is 6.49. The Balaban J connectivity index is 2.03. The van der Waals surface area contributed by atoms with Crippen molar-refractivity contribution in [3.05, 3.63) is 18.5 Å². The maximum Gasteiger partial charge on any atom is 0.573 e. The average molecular weight is 301 g/mol. The summed E-state index contributed by atoms with van der Waals surface area (Å²) in [5.41, 5.74) is 1.17. The SMILES string of the molecule is CN1CCN(c2c(OC(F)(F)F)ccc3ocnc23)CC1. The minimum atomic E-state index is -4.74. The van der Waals surface area contributed by atoms with Crippen LogP contribution in [0.2, 0.25) is 0 Å². The normalized spacial score (nSPS) is 17.4. The van der Waals surface area contributed by atoms with E-state index in [4.69, 9.17) is 4.42 Å². The summed E-state index contributed by atoms with van der Waals surface area (Å²) in [5, 5.41) is 0. The number of anilines is 1. The van der Waals surface area contributed by atoms with Crippen LogP contribution < -0.4 is 9.64 Å². The van der Waals surface area contributed by atoms with Gasteiger partial charge in [-0.2, -0.15) is 0 Å². The molecule has 0 spiro atoms. The fraction of sp³-hybridized carbons (Fsp3) is 0.462. The third-order valence-electron chi connectivity index (χ3n) is 3.48. The second-order valence-corrected chi connectivity index (χ2v) is 4.95. The zero-order chi connectivity index (χ0) is 15.0. The third-order valence-corrected chi connectivity index (χ3v) is 3.48. The Bertz CT molecular complexity index is 633. The molecule has 1 aromatic heterocycles. The molecule has 8 heteroatoms. The van der Waals surface area contributed by atoms with Gasteiger partial charge < -0.3 is 19.0 Å². The summed E-state index contributed by atoms with van der Waals surface area (Å²) in [5.74, 6) is -0.242. The van der Waals surface area contributed by atoms with Crippen LogP contribution in [0.15, 0.2) is 22.9 Å². The molecule has 2 heterocycles. The van der Waals surface area contributed by atoms with E-state index in [1.807, 2.05) is 11.9 Å². The average Bonchev–Trinajstić information content (AvgIpc) is 2.86. The van der Waals surface area contributed by atoms with Gasteiger partial charge in [-0.3, -0.25) is 0 Å². The van der Waals surface area contributed by atoms with Gasteiger partial charge in [0.2, 0.25) is 0 Å². The van der Waals surface area contributed by atoms with Gasteiger partial charge in [-0.15, -0.1) is 13.2 Å². The van der Waals surface area contributed by atoms with E-state index in [0.29, 0.717) is 29.9 Å². The van der Waals surface area contributed by atoms with Crippen LogP contribution in [0.1, 0.15) is 0 Å². The van der Waals surface area contributed by atoms with Gasteiger partial charge in [-0.1, -0.05) is 0 Å². The molecule has 0 bridgehead atoms. The van der Waals surface area contributed by atoms with E-state index >= 15 is 0 Å². The molecule has 0 atom stereocenters. The van der Waals surface area contributed by atoms with E-state index in [9.17, 15) is 13.2 Å². The van der Waals surface area contributed by atoms with Crippen molar-refractivity contribution in [1.82, 2.24) is 9.88 Å². The lowest BCUT2D eigenvalue weighted by Crippen LogP contribution is -2.44. The molecule has 114 valence electrons. The minimum Gasteiger partial charge on any atom is -0.443 e. The summed E-state index contributed by atoms with van der Waals surface area (Å²) in [6, 6.07) is 2.71. The van der Waals surface area contributed by atoms with Gasteiger partial charge in [0.25, 0.3) is 0 Å². The number of benzene rings is 1. The van der Waals surface area contributed by atoms with E-state index in [2.05, 4.69) is 14.6 Å². The number of nitrogens with zero attached hydrogens (tertiary/aromatic N) is 3. The van der Waals surface area contributed by atoms with Crippen molar-refractivity contribution in [2.75, 3.05) is 38.1 Å². The molecule has 1 aliphatic heterocycles. The number of halogens is 3. The van der Waals surface area contributed by atoms with Crippen LogP contribution in [0.4, 0.5) is 18.9 Å². The molecule has 0 amide bonds. The zero-order valence-corrected chi connectivity index (χ0v) is 11.4. The number of likely N-dealkylation sites (N-methyl/N-ethyl adjacent to an activating group) is 1. The highest BCUT2D eigenvalue weighted by Crippen LogP contribution is 2.38. The first kappa shape index (κ1) is 14.0. The predicted octanol–water partition coefficient (Wildman–Crippen LogP) is 2.48. The molecule has 21 heavy (non-hydrogen) atoms. The predicted molar refractivity (Wildman–Crippen MR) is 70.4 cm³/mol. The molecule has 0 saturated carbocycles. The number of rotatable bonds is 2. The van der Waals surface area contributed by atoms with E-state index in [1.165, 1.54) is 18.5 Å². The highest BCUT2D eigenvalue weighted by Gasteiger charge is 2.34. The molecular weight excluding hydrogens is 287 g/mol. The van der Waals surface area contributed by atoms with E-state index < -0.39 is 6.36 Å². The Morgan fingerprint density at radius 3 is 2.57 bits per heavy atom. The molecule has 1 saturated heterocycles. The van der Waals surface area contributed by atoms with Crippen molar-refractivity contribution >= 4 is 16.8 Å². The lowest BCUT2D eigenvalue weighted by atomic mass is 10.2. The molecule has 3 rings (SSSR count). The number of oxazole rings is 1. The van der Waals surface area contributed by atoms with Crippen molar-refractivity contribution in [1.29, 1.82) is 0 Å². The summed E-state index contributed by atoms with van der Waals surface area (Å²) >= 11 is 0. The molecule has 1 fully saturated rings. The van der Waals surface area contributed by atoms with Gasteiger partial charge >= 0.3 is 6.36 Å². The van der Waals surface area contributed by atoms with Crippen LogP contribution in [-0.2, 0) is 0 Å². The largest absolute Gasteiger partial charge is 0.573 e. The fourth-order valence-electron chi connectivity index (χ4n) is 2.44. The topological polar surface area (TPSA) is 41.7 Å². The second-order valence-electron chi connectivity index (χ2n) is 4.95. The summed E-state index contributed by atoms with van der Waals surface area (Å²) in [4.78, 5) is 8.00. The van der Waals surface area contributed by atoms with Gasteiger partial charge in [0.15, 0.2) is 17.7 Å². The molecule has 1 aliphatic rings. The Kier molecular flexibility index (Phi) is 3.40. The van der Waals surface area contributed by atoms with Crippen LogP contribution in [0.5, 0.6) is 5.75 Å². The molecule has 0 radical (unpaired) electrons. The third kappa shape index (κ3) is 2.90. The Labute approximate surface area is 118 Å². The number of aromatic nitrogens is 1. The van der Waals surface area contributed by atoms with Crippen LogP contribution in [-0.4, -0.2) is 49.5 Å². The van der Waals surface area contributed by atoms with Crippen molar-refractivity contribution in [3.8, 4) is 5.75 Å². The smallest absolute Gasteiger partial charge is 0.443 e. The number of ether oxygens (including phenoxy) is 1. The highest BCUT2D eigenvalue weighted by atomic mass is 19.4. The minimum absolute atomic E-state index is 0.242. The van der Waals surface area contributed by atoms with Crippen molar-refractivity contribution in [3.63, 3.8) is 0 Å². The quantitative estimate of drug-likeness (QED) is 0.852. The maximum absolute atomic E-state index is 12.6. The monoisotopic (exact) mass is 301 g/mol. The Morgan fingerprint density at radius 2 is 1.90 bits per heavy atom. The summed E-state index contributed by atoms with van der Waals surface area (Å²) in [6.07, 6.45) is -3.51. The lowest BCUT2D eigenvalue weighted by molar-refractivity contribution is -0.274. The molecule has 0 N–H and O–H groups in total. The van der Waals surface area contributed by atoms with Gasteiger partial charge in [0.1, 0.15) is 11.2 Å². The summed E-state index contributed by atoms with van der Waals surface area (Å²) < 4.78 is 47.1. The maximum atomic E-state index is 12.6. The van der Waals surface area contributed by atoms with Crippen molar-refractivity contribution in [2.24, 2.45) is 0 Å². The Morgan fingerprint density at radius 1 is 1.19 bits per heavy atom. The first-order valence-electron chi connectivity index (χ1n) is 6.49. The van der Waals surface area contributed by atoms with E-state index in [0.717, 1.165) is 13.1 Å². The van der Waals surface area contributed by atoms with Crippen LogP contribution in [0.25, 0.3) is 11.1 Å². The molecular formula is C13H14F3N3O2. The van der Waals surface area contributed by atoms with Crippen LogP contribution in [0.3, 0.4) is 0 Å². The van der Waals surface area contributed by atoms with E-state index in [-0.39, 0.29) is 5.75 Å². The zero-order valence-electron chi connectivity index (χ0n) is 11.4. The number of piperazine rings is 1. The van der Waals surface area contributed by atoms with Crippen molar-refractivity contribution < 1.29 is 22.3 Å². The lowest BCUT2D eigenvalue weighted by Gasteiger charge is -2.34. The van der Waals surface area contributed by atoms with Crippen LogP contribution in [0, 0.1) is 0 Å². The van der Waals surface area contributed by atoms with Gasteiger partial charge in [-0.25, -0.2) is 4.98 Å². The fourth-order valence-corrected chi connectivity index (χ4v) is 2.44. The van der Waals surface area contributed by atoms with Gasteiger partial charge in [0.05, 0.1) is 0 Å². The standard InChI is InChI=1S/C13H14F3N3O2/c1-18-4-6-19(7-5-18)12-10(21-13(14,15)16)3-2-9-11(12)17-8-20-9/h2-3,8H,4-7H2,1H3. The summed E-state index contributed by atoms with van der Waals surface area (Å²) in [7, 11) is 1.97. The molecule has 0 unspecified atom stereocenters. The highest BCUT2D eigenvalue weighted by molar-refractivity contribution is 5.91. The number of hydrogen-bond donors (Lipinski definition) is 0. The van der Waals surface area contributed by atoms with Crippen molar-refractivity contribution in [2.45, 2.75) is 6.36 Å². The van der Waals surface area contributed by atoms with Crippen LogP contribution >= 0.6 is 0 Å². The second kappa shape index (κ2) is 5.10. The van der Waals surface area contributed by atoms with Gasteiger partial charge in [-0.05, 0) is 19.2 Å². The molecule has 1 aromatic carbocycles. The first-order chi connectivity index (χ1) is 9.94. The van der Waals surface area contributed by atoms with E-state index in [1.54, 1.807) is 0 Å². The van der Waals surface area contributed by atoms with Gasteiger partial charge in [0, 0.05) is 26.2 Å². The Hall–Kier alpha value is -1.96. The number of alkyl halides is 3.